The van der Waals surface area contributed by atoms with Crippen LogP contribution in [0.2, 0.25) is 0 Å². The number of nitrogens with zero attached hydrogens (tertiary/aromatic N) is 4. The molecule has 0 bridgehead atoms. The molecule has 1 aliphatic heterocycles. The van der Waals surface area contributed by atoms with E-state index in [9.17, 15) is 13.6 Å². The summed E-state index contributed by atoms with van der Waals surface area (Å²) in [6.07, 6.45) is 11.1. The van der Waals surface area contributed by atoms with Gasteiger partial charge in [0, 0.05) is 19.8 Å². The van der Waals surface area contributed by atoms with Crippen LogP contribution in [0.5, 0.6) is 0 Å². The second-order valence-electron chi connectivity index (χ2n) is 10.6. The van der Waals surface area contributed by atoms with Crippen molar-refractivity contribution in [2.75, 3.05) is 20.1 Å². The van der Waals surface area contributed by atoms with Gasteiger partial charge in [0.1, 0.15) is 17.7 Å². The number of carbonyl (C=O) groups excluding carboxylic acids is 1. The van der Waals surface area contributed by atoms with Crippen LogP contribution in [0.4, 0.5) is 8.78 Å². The van der Waals surface area contributed by atoms with Crippen molar-refractivity contribution in [3.05, 3.63) is 71.0 Å². The molecule has 2 heterocycles. The highest BCUT2D eigenvalue weighted by molar-refractivity contribution is 5.98. The molecule has 0 saturated carbocycles. The van der Waals surface area contributed by atoms with E-state index in [-0.39, 0.29) is 12.5 Å². The van der Waals surface area contributed by atoms with Gasteiger partial charge >= 0.3 is 0 Å². The molecule has 0 spiro atoms. The van der Waals surface area contributed by atoms with Crippen molar-refractivity contribution in [3.63, 3.8) is 0 Å². The minimum Gasteiger partial charge on any atom is -0.377 e. The minimum absolute atomic E-state index is 0.104. The summed E-state index contributed by atoms with van der Waals surface area (Å²) in [6.45, 7) is 15.7. The molecule has 36 heavy (non-hydrogen) atoms. The first-order chi connectivity index (χ1) is 16.8. The van der Waals surface area contributed by atoms with E-state index in [1.807, 2.05) is 44.1 Å². The summed E-state index contributed by atoms with van der Waals surface area (Å²) < 4.78 is 28.4. The number of halogens is 2. The zero-order chi connectivity index (χ0) is 27.1. The number of carbonyl (C=O) groups is 1. The Morgan fingerprint density at radius 3 is 2.50 bits per heavy atom. The SMILES string of the molecule is C=CC(=C\N(C)CC(C)(C)F)/C(=C/C=C(\C)CN1Cc2ncnc(CCC(C)(F)CC)c2C1=O)CC. The topological polar surface area (TPSA) is 49.3 Å². The number of rotatable bonds is 13. The third-order valence-corrected chi connectivity index (χ3v) is 6.43. The van der Waals surface area contributed by atoms with Crippen LogP contribution < -0.4 is 0 Å². The molecule has 1 amide bonds. The number of aromatic nitrogens is 2. The van der Waals surface area contributed by atoms with Gasteiger partial charge in [-0.05, 0) is 64.5 Å². The second kappa shape index (κ2) is 12.4. The van der Waals surface area contributed by atoms with Gasteiger partial charge in [-0.15, -0.1) is 0 Å². The summed E-state index contributed by atoms with van der Waals surface area (Å²) in [5.41, 5.74) is 2.30. The number of aryl methyl sites for hydroxylation is 1. The maximum Gasteiger partial charge on any atom is 0.258 e. The number of hydrogen-bond donors (Lipinski definition) is 0. The summed E-state index contributed by atoms with van der Waals surface area (Å²) in [7, 11) is 1.85. The van der Waals surface area contributed by atoms with E-state index in [0.29, 0.717) is 49.3 Å². The van der Waals surface area contributed by atoms with Crippen LogP contribution in [0.25, 0.3) is 0 Å². The molecule has 7 heteroatoms. The molecule has 0 aromatic carbocycles. The number of fused-ring (bicyclic) bond motifs is 1. The Labute approximate surface area is 215 Å². The van der Waals surface area contributed by atoms with E-state index in [4.69, 9.17) is 0 Å². The predicted molar refractivity (Wildman–Crippen MR) is 143 cm³/mol. The van der Waals surface area contributed by atoms with Gasteiger partial charge in [0.15, 0.2) is 0 Å². The van der Waals surface area contributed by atoms with Gasteiger partial charge in [0.25, 0.3) is 5.91 Å². The summed E-state index contributed by atoms with van der Waals surface area (Å²) in [4.78, 5) is 25.4. The van der Waals surface area contributed by atoms with Gasteiger partial charge in [-0.1, -0.05) is 44.2 Å². The molecular formula is C29H42F2N4O. The molecule has 0 radical (unpaired) electrons. The molecule has 0 fully saturated rings. The molecule has 198 valence electrons. The molecule has 0 saturated heterocycles. The van der Waals surface area contributed by atoms with E-state index >= 15 is 0 Å². The van der Waals surface area contributed by atoms with Gasteiger partial charge in [-0.25, -0.2) is 18.7 Å². The number of amides is 1. The summed E-state index contributed by atoms with van der Waals surface area (Å²) in [5, 5.41) is 0. The van der Waals surface area contributed by atoms with Crippen molar-refractivity contribution >= 4 is 5.91 Å². The highest BCUT2D eigenvalue weighted by Crippen LogP contribution is 2.28. The van der Waals surface area contributed by atoms with Crippen LogP contribution in [-0.2, 0) is 13.0 Å². The Bertz CT molecular complexity index is 1030. The van der Waals surface area contributed by atoms with Gasteiger partial charge in [0.2, 0.25) is 0 Å². The van der Waals surface area contributed by atoms with Crippen molar-refractivity contribution in [3.8, 4) is 0 Å². The fraction of sp³-hybridized carbons (Fsp3) is 0.552. The van der Waals surface area contributed by atoms with Crippen LogP contribution in [0.15, 0.2) is 54.1 Å². The summed E-state index contributed by atoms with van der Waals surface area (Å²) in [5.74, 6) is -0.104. The van der Waals surface area contributed by atoms with Crippen molar-refractivity contribution in [1.82, 2.24) is 19.8 Å². The monoisotopic (exact) mass is 500 g/mol. The molecule has 1 atom stereocenters. The van der Waals surface area contributed by atoms with Crippen LogP contribution in [0.1, 0.15) is 82.6 Å². The zero-order valence-corrected chi connectivity index (χ0v) is 23.0. The molecule has 5 nitrogen and oxygen atoms in total. The normalized spacial score (nSPS) is 16.8. The van der Waals surface area contributed by atoms with E-state index in [1.54, 1.807) is 31.7 Å². The molecule has 1 unspecified atom stereocenters. The van der Waals surface area contributed by atoms with E-state index in [1.165, 1.54) is 6.33 Å². The Morgan fingerprint density at radius 2 is 1.92 bits per heavy atom. The lowest BCUT2D eigenvalue weighted by Crippen LogP contribution is -2.29. The van der Waals surface area contributed by atoms with Gasteiger partial charge in [-0.3, -0.25) is 4.79 Å². The molecule has 1 aromatic heterocycles. The molecule has 1 aliphatic rings. The number of hydrogen-bond acceptors (Lipinski definition) is 4. The number of allylic oxidation sites excluding steroid dienone is 5. The second-order valence-corrected chi connectivity index (χ2v) is 10.6. The molecular weight excluding hydrogens is 458 g/mol. The van der Waals surface area contributed by atoms with Gasteiger partial charge in [-0.2, -0.15) is 0 Å². The minimum atomic E-state index is -1.30. The Morgan fingerprint density at radius 1 is 1.22 bits per heavy atom. The van der Waals surface area contributed by atoms with E-state index < -0.39 is 11.3 Å². The lowest BCUT2D eigenvalue weighted by atomic mass is 9.96. The van der Waals surface area contributed by atoms with Crippen molar-refractivity contribution < 1.29 is 13.6 Å². The standard InChI is InChI=1S/C29H42F2N4O/c1-9-22(23(10-2)17-34(8)19-28(5,6)30)13-12-21(4)16-35-18-25-26(27(35)36)24(32-20-33-25)14-15-29(7,31)11-3/h10,12-13,17,20H,2,9,11,14-16,18-19H2,1,3-8H3/b21-12+,22-13+,23-17+. The third-order valence-electron chi connectivity index (χ3n) is 6.43. The fourth-order valence-electron chi connectivity index (χ4n) is 4.27. The maximum absolute atomic E-state index is 14.4. The highest BCUT2D eigenvalue weighted by Gasteiger charge is 2.32. The Balaban J connectivity index is 2.15. The van der Waals surface area contributed by atoms with Crippen molar-refractivity contribution in [2.45, 2.75) is 85.1 Å². The molecule has 0 aliphatic carbocycles. The number of alkyl halides is 2. The first kappa shape index (κ1) is 29.4. The Kier molecular flexibility index (Phi) is 10.1. The van der Waals surface area contributed by atoms with Crippen LogP contribution in [-0.4, -0.2) is 57.1 Å². The van der Waals surface area contributed by atoms with Crippen molar-refractivity contribution in [2.24, 2.45) is 0 Å². The lowest BCUT2D eigenvalue weighted by Gasteiger charge is -2.23. The molecule has 2 rings (SSSR count). The zero-order valence-electron chi connectivity index (χ0n) is 23.0. The van der Waals surface area contributed by atoms with E-state index in [2.05, 4.69) is 23.5 Å². The highest BCUT2D eigenvalue weighted by atomic mass is 19.1. The maximum atomic E-state index is 14.4. The quantitative estimate of drug-likeness (QED) is 0.289. The van der Waals surface area contributed by atoms with Gasteiger partial charge < -0.3 is 9.80 Å². The lowest BCUT2D eigenvalue weighted by molar-refractivity contribution is 0.0790. The largest absolute Gasteiger partial charge is 0.377 e. The first-order valence-electron chi connectivity index (χ1n) is 12.7. The van der Waals surface area contributed by atoms with Crippen LogP contribution in [0.3, 0.4) is 0 Å². The van der Waals surface area contributed by atoms with Crippen LogP contribution in [0, 0.1) is 0 Å². The predicted octanol–water partition coefficient (Wildman–Crippen LogP) is 6.54. The van der Waals surface area contributed by atoms with Crippen molar-refractivity contribution in [1.29, 1.82) is 0 Å². The fourth-order valence-corrected chi connectivity index (χ4v) is 4.27. The third kappa shape index (κ3) is 8.38. The Hall–Kier alpha value is -2.83. The smallest absolute Gasteiger partial charge is 0.258 e. The van der Waals surface area contributed by atoms with E-state index in [0.717, 1.165) is 23.1 Å². The van der Waals surface area contributed by atoms with Crippen LogP contribution >= 0.6 is 0 Å². The summed E-state index contributed by atoms with van der Waals surface area (Å²) in [6, 6.07) is 0. The average molecular weight is 501 g/mol. The average Bonchev–Trinajstić information content (AvgIpc) is 3.11. The molecule has 0 N–H and O–H groups in total. The molecule has 1 aromatic rings. The first-order valence-corrected chi connectivity index (χ1v) is 12.7. The van der Waals surface area contributed by atoms with Gasteiger partial charge in [0.05, 0.1) is 30.0 Å². The summed E-state index contributed by atoms with van der Waals surface area (Å²) >= 11 is 0.